The van der Waals surface area contributed by atoms with E-state index in [1.807, 2.05) is 6.07 Å². The summed E-state index contributed by atoms with van der Waals surface area (Å²) in [5, 5.41) is 30.5. The number of alkyl carbamates (subject to hydrolysis) is 1. The van der Waals surface area contributed by atoms with Gasteiger partial charge in [-0.05, 0) is 31.2 Å². The molecule has 0 saturated carbocycles. The van der Waals surface area contributed by atoms with Crippen molar-refractivity contribution >= 4 is 24.0 Å². The van der Waals surface area contributed by atoms with E-state index in [1.54, 1.807) is 24.3 Å². The first-order chi connectivity index (χ1) is 18.0. The van der Waals surface area contributed by atoms with Gasteiger partial charge in [-0.25, -0.2) is 42.5 Å². The molecule has 1 amide bonds. The predicted molar refractivity (Wildman–Crippen MR) is 129 cm³/mol. The zero-order chi connectivity index (χ0) is 28.4. The van der Waals surface area contributed by atoms with Crippen molar-refractivity contribution in [2.45, 2.75) is 50.8 Å². The summed E-state index contributed by atoms with van der Waals surface area (Å²) >= 11 is 0. The number of nitrogens with zero attached hydrogens (tertiary/aromatic N) is 3. The fourth-order valence-corrected chi connectivity index (χ4v) is 3.63. The van der Waals surface area contributed by atoms with Crippen molar-refractivity contribution in [1.29, 1.82) is 0 Å². The molecule has 0 aliphatic rings. The molecule has 2 aromatic rings. The van der Waals surface area contributed by atoms with Gasteiger partial charge in [-0.1, -0.05) is 30.3 Å². The smallest absolute Gasteiger partial charge is 0.407 e. The largest absolute Gasteiger partial charge is 0.481 e. The van der Waals surface area contributed by atoms with Gasteiger partial charge in [0.05, 0.1) is 0 Å². The Hall–Kier alpha value is -4.69. The molecule has 15 nitrogen and oxygen atoms in total. The van der Waals surface area contributed by atoms with Crippen molar-refractivity contribution in [3.8, 4) is 0 Å². The molecule has 0 bridgehead atoms. The quantitative estimate of drug-likeness (QED) is 0.234. The normalized spacial score (nSPS) is 12.3. The van der Waals surface area contributed by atoms with Crippen LogP contribution in [-0.4, -0.2) is 59.6 Å². The highest BCUT2D eigenvalue weighted by molar-refractivity contribution is 5.74. The number of unbranched alkanes of at least 4 members (excludes halogenated alkanes) is 1. The van der Waals surface area contributed by atoms with Crippen molar-refractivity contribution in [1.82, 2.24) is 19.0 Å². The Morgan fingerprint density at radius 1 is 0.842 bits per heavy atom. The lowest BCUT2D eigenvalue weighted by molar-refractivity contribution is -0.142. The molecule has 0 radical (unpaired) electrons. The molecule has 0 aliphatic heterocycles. The summed E-state index contributed by atoms with van der Waals surface area (Å²) in [6.07, 6.45) is -1.95. The molecule has 2 rings (SSSR count). The lowest BCUT2D eigenvalue weighted by Gasteiger charge is -2.20. The molecule has 1 aromatic heterocycles. The number of nitrogens with one attached hydrogen (secondary N) is 1. The van der Waals surface area contributed by atoms with Gasteiger partial charge in [-0.3, -0.25) is 4.79 Å². The summed E-state index contributed by atoms with van der Waals surface area (Å²) in [6.45, 7) is 0.155. The minimum Gasteiger partial charge on any atom is -0.481 e. The van der Waals surface area contributed by atoms with Crippen molar-refractivity contribution in [2.75, 3.05) is 6.54 Å². The first-order valence-electron chi connectivity index (χ1n) is 11.5. The highest BCUT2D eigenvalue weighted by atomic mass is 16.5. The molecule has 1 heterocycles. The van der Waals surface area contributed by atoms with Crippen LogP contribution in [0.1, 0.15) is 49.8 Å². The second-order valence-electron chi connectivity index (χ2n) is 8.27. The van der Waals surface area contributed by atoms with Crippen molar-refractivity contribution in [2.24, 2.45) is 7.05 Å². The number of carbonyl (C=O) groups excluding carboxylic acids is 1. The minimum absolute atomic E-state index is 0.0550. The van der Waals surface area contributed by atoms with Gasteiger partial charge in [-0.2, -0.15) is 0 Å². The fourth-order valence-electron chi connectivity index (χ4n) is 3.63. The highest BCUT2D eigenvalue weighted by Gasteiger charge is 2.31. The average Bonchev–Trinajstić information content (AvgIpc) is 2.86. The van der Waals surface area contributed by atoms with E-state index in [0.717, 1.165) is 12.6 Å². The monoisotopic (exact) mass is 536 g/mol. The van der Waals surface area contributed by atoms with Crippen LogP contribution < -0.4 is 22.4 Å². The summed E-state index contributed by atoms with van der Waals surface area (Å²) in [6, 6.07) is 5.25. The van der Waals surface area contributed by atoms with Gasteiger partial charge in [0.1, 0.15) is 18.7 Å². The van der Waals surface area contributed by atoms with E-state index < -0.39 is 66.0 Å². The minimum atomic E-state index is -1.94. The number of amides is 1. The number of carboxylic acids is 3. The molecule has 206 valence electrons. The second kappa shape index (κ2) is 13.6. The van der Waals surface area contributed by atoms with Gasteiger partial charge in [0.25, 0.3) is 0 Å². The molecule has 15 heteroatoms. The predicted octanol–water partition coefficient (Wildman–Crippen LogP) is -0.0784. The maximum atomic E-state index is 13.0. The number of carboxylic acid groups (broad SMARTS) is 3. The lowest BCUT2D eigenvalue weighted by atomic mass is 10.1. The molecule has 0 fully saturated rings. The van der Waals surface area contributed by atoms with Gasteiger partial charge >= 0.3 is 41.1 Å². The molecular weight excluding hydrogens is 508 g/mol. The first kappa shape index (κ1) is 29.5. The Balaban J connectivity index is 2.15. The maximum Gasteiger partial charge on any atom is 0.407 e. The summed E-state index contributed by atoms with van der Waals surface area (Å²) in [5.74, 6) is -4.66. The van der Waals surface area contributed by atoms with Crippen molar-refractivity contribution < 1.29 is 39.2 Å². The van der Waals surface area contributed by atoms with E-state index in [0.29, 0.717) is 4.57 Å². The summed E-state index contributed by atoms with van der Waals surface area (Å²) < 4.78 is 5.88. The molecule has 38 heavy (non-hydrogen) atoms. The van der Waals surface area contributed by atoms with Gasteiger partial charge < -0.3 is 25.4 Å². The SMILES string of the molecule is Cn1c(=O)n([C@@H](CCCCNC(=O)OCc2ccccc2)C(=O)O)c(=O)n([C@@H](CCC(=O)O)C(=O)O)c1=O. The Labute approximate surface area is 214 Å². The standard InChI is InChI=1S/C23H28N4O11/c1-25-21(35)26(23(37)27(22(25)36)16(19(32)33)10-11-17(28)29)15(18(30)31)9-5-6-12-24-20(34)38-13-14-7-3-2-4-8-14/h2-4,7-8,15-16H,5-6,9-13H2,1H3,(H,24,34)(H,28,29)(H,30,31)(H,32,33)/t15-,16-/m0/s1. The molecule has 2 atom stereocenters. The lowest BCUT2D eigenvalue weighted by Crippen LogP contribution is -2.57. The molecule has 4 N–H and O–H groups in total. The number of aromatic nitrogens is 3. The van der Waals surface area contributed by atoms with Crippen LogP contribution in [0.2, 0.25) is 0 Å². The fraction of sp³-hybridized carbons (Fsp3) is 0.435. The van der Waals surface area contributed by atoms with Crippen LogP contribution in [0, 0.1) is 0 Å². The number of ether oxygens (including phenoxy) is 1. The molecule has 0 aliphatic carbocycles. The summed E-state index contributed by atoms with van der Waals surface area (Å²) in [5.41, 5.74) is -3.29. The van der Waals surface area contributed by atoms with Crippen LogP contribution in [0.3, 0.4) is 0 Å². The van der Waals surface area contributed by atoms with E-state index >= 15 is 0 Å². The Morgan fingerprint density at radius 3 is 1.92 bits per heavy atom. The van der Waals surface area contributed by atoms with Gasteiger partial charge in [0.2, 0.25) is 0 Å². The first-order valence-corrected chi connectivity index (χ1v) is 11.5. The number of aliphatic carboxylic acids is 3. The van der Waals surface area contributed by atoms with Gasteiger partial charge in [0.15, 0.2) is 0 Å². The third kappa shape index (κ3) is 7.65. The van der Waals surface area contributed by atoms with Crippen LogP contribution in [0.25, 0.3) is 0 Å². The molecule has 0 unspecified atom stereocenters. The van der Waals surface area contributed by atoms with Crippen LogP contribution >= 0.6 is 0 Å². The Morgan fingerprint density at radius 2 is 1.39 bits per heavy atom. The van der Waals surface area contributed by atoms with Crippen molar-refractivity contribution in [3.05, 3.63) is 67.3 Å². The average molecular weight is 536 g/mol. The number of rotatable bonds is 14. The van der Waals surface area contributed by atoms with Gasteiger partial charge in [-0.15, -0.1) is 0 Å². The highest BCUT2D eigenvalue weighted by Crippen LogP contribution is 2.14. The molecule has 1 aromatic carbocycles. The van der Waals surface area contributed by atoms with E-state index in [-0.39, 0.29) is 41.5 Å². The zero-order valence-electron chi connectivity index (χ0n) is 20.4. The Kier molecular flexibility index (Phi) is 10.6. The van der Waals surface area contributed by atoms with Crippen LogP contribution in [0.15, 0.2) is 44.7 Å². The molecule has 0 saturated heterocycles. The van der Waals surface area contributed by atoms with Crippen molar-refractivity contribution in [3.63, 3.8) is 0 Å². The van der Waals surface area contributed by atoms with Crippen LogP contribution in [-0.2, 0) is 32.8 Å². The number of hydrogen-bond donors (Lipinski definition) is 4. The third-order valence-corrected chi connectivity index (χ3v) is 5.61. The number of carbonyl (C=O) groups is 4. The second-order valence-corrected chi connectivity index (χ2v) is 8.27. The molecule has 0 spiro atoms. The van der Waals surface area contributed by atoms with E-state index in [4.69, 9.17) is 9.84 Å². The van der Waals surface area contributed by atoms with E-state index in [1.165, 1.54) is 0 Å². The number of benzene rings is 1. The topological polar surface area (TPSA) is 216 Å². The summed E-state index contributed by atoms with van der Waals surface area (Å²) in [4.78, 5) is 84.6. The zero-order valence-corrected chi connectivity index (χ0v) is 20.4. The Bertz CT molecular complexity index is 1340. The van der Waals surface area contributed by atoms with Gasteiger partial charge in [0, 0.05) is 20.0 Å². The third-order valence-electron chi connectivity index (χ3n) is 5.61. The number of hydrogen-bond acceptors (Lipinski definition) is 8. The van der Waals surface area contributed by atoms with E-state index in [9.17, 15) is 43.8 Å². The maximum absolute atomic E-state index is 13.0. The summed E-state index contributed by atoms with van der Waals surface area (Å²) in [7, 11) is 0.942. The van der Waals surface area contributed by atoms with Crippen LogP contribution in [0.4, 0.5) is 4.79 Å². The van der Waals surface area contributed by atoms with Crippen LogP contribution in [0.5, 0.6) is 0 Å². The molecular formula is C23H28N4O11. The van der Waals surface area contributed by atoms with E-state index in [2.05, 4.69) is 5.32 Å².